The van der Waals surface area contributed by atoms with E-state index in [1.54, 1.807) is 12.1 Å². The molecule has 0 unspecified atom stereocenters. The number of benzene rings is 1. The summed E-state index contributed by atoms with van der Waals surface area (Å²) < 4.78 is 37.7. The minimum absolute atomic E-state index is 0.0303. The Balaban J connectivity index is 2.19. The van der Waals surface area contributed by atoms with Gasteiger partial charge in [-0.05, 0) is 30.3 Å². The van der Waals surface area contributed by atoms with Gasteiger partial charge in [0.05, 0.1) is 5.56 Å². The van der Waals surface area contributed by atoms with Crippen LogP contribution in [0.3, 0.4) is 0 Å². The molecule has 0 aliphatic carbocycles. The van der Waals surface area contributed by atoms with Crippen molar-refractivity contribution >= 4 is 17.4 Å². The maximum absolute atomic E-state index is 12.6. The first-order chi connectivity index (χ1) is 9.90. The van der Waals surface area contributed by atoms with E-state index in [4.69, 9.17) is 5.84 Å². The fraction of sp³-hybridized carbons (Fsp3) is 0.0769. The number of aromatic nitrogens is 1. The summed E-state index contributed by atoms with van der Waals surface area (Å²) in [6, 6.07) is 8.85. The zero-order chi connectivity index (χ0) is 15.5. The van der Waals surface area contributed by atoms with E-state index in [0.29, 0.717) is 0 Å². The molecule has 0 radical (unpaired) electrons. The molecule has 0 saturated heterocycles. The fourth-order valence-corrected chi connectivity index (χ4v) is 1.61. The second kappa shape index (κ2) is 5.80. The monoisotopic (exact) mass is 296 g/mol. The Labute approximate surface area is 118 Å². The zero-order valence-corrected chi connectivity index (χ0v) is 10.6. The summed E-state index contributed by atoms with van der Waals surface area (Å²) in [5.41, 5.74) is 1.49. The lowest BCUT2D eigenvalue weighted by molar-refractivity contribution is -0.137. The van der Waals surface area contributed by atoms with Crippen LogP contribution in [0.1, 0.15) is 16.1 Å². The number of hydrogen-bond acceptors (Lipinski definition) is 4. The molecule has 0 atom stereocenters. The van der Waals surface area contributed by atoms with E-state index in [1.165, 1.54) is 18.2 Å². The van der Waals surface area contributed by atoms with Crippen molar-refractivity contribution in [3.8, 4) is 0 Å². The van der Waals surface area contributed by atoms with E-state index >= 15 is 0 Å². The van der Waals surface area contributed by atoms with E-state index in [2.05, 4.69) is 15.7 Å². The van der Waals surface area contributed by atoms with Crippen molar-refractivity contribution in [3.63, 3.8) is 0 Å². The third-order valence-electron chi connectivity index (χ3n) is 2.58. The molecule has 8 heteroatoms. The smallest absolute Gasteiger partial charge is 0.321 e. The van der Waals surface area contributed by atoms with Crippen molar-refractivity contribution in [1.82, 2.24) is 4.98 Å². The van der Waals surface area contributed by atoms with Gasteiger partial charge < -0.3 is 10.7 Å². The summed E-state index contributed by atoms with van der Waals surface area (Å²) in [5.74, 6) is 4.81. The summed E-state index contributed by atoms with van der Waals surface area (Å²) in [5, 5.41) is 2.35. The van der Waals surface area contributed by atoms with E-state index in [-0.39, 0.29) is 17.2 Å². The maximum atomic E-state index is 12.6. The lowest BCUT2D eigenvalue weighted by Crippen LogP contribution is -2.16. The number of amides is 1. The van der Waals surface area contributed by atoms with Crippen molar-refractivity contribution in [2.45, 2.75) is 6.18 Å². The number of nitrogens with one attached hydrogen (secondary N) is 2. The van der Waals surface area contributed by atoms with E-state index in [1.807, 2.05) is 0 Å². The Hall–Kier alpha value is -2.61. The fourth-order valence-electron chi connectivity index (χ4n) is 1.61. The molecule has 1 aromatic carbocycles. The summed E-state index contributed by atoms with van der Waals surface area (Å²) in [4.78, 5) is 15.8. The highest BCUT2D eigenvalue weighted by molar-refractivity contribution is 6.03. The molecule has 0 aliphatic rings. The molecule has 1 aromatic heterocycles. The van der Waals surface area contributed by atoms with Crippen LogP contribution in [-0.2, 0) is 6.18 Å². The minimum Gasteiger partial charge on any atom is -0.321 e. The molecule has 0 saturated carbocycles. The molecule has 21 heavy (non-hydrogen) atoms. The number of nitrogens with two attached hydrogens (primary N) is 1. The number of hydrogen-bond donors (Lipinski definition) is 3. The standard InChI is InChI=1S/C13H11F3N4O/c14-13(15,16)8-3-1-4-9(7-8)18-12(21)10-5-2-6-11(19-10)20-17/h1-7H,17H2,(H,18,21)(H,19,20). The van der Waals surface area contributed by atoms with Gasteiger partial charge >= 0.3 is 6.18 Å². The number of halogens is 3. The SMILES string of the molecule is NNc1cccc(C(=O)Nc2cccc(C(F)(F)F)c2)n1. The zero-order valence-electron chi connectivity index (χ0n) is 10.6. The molecule has 1 heterocycles. The third kappa shape index (κ3) is 3.69. The number of pyridine rings is 1. The molecule has 4 N–H and O–H groups in total. The lowest BCUT2D eigenvalue weighted by atomic mass is 10.2. The van der Waals surface area contributed by atoms with Gasteiger partial charge in [-0.15, -0.1) is 0 Å². The van der Waals surface area contributed by atoms with Gasteiger partial charge in [0.15, 0.2) is 0 Å². The largest absolute Gasteiger partial charge is 0.416 e. The van der Waals surface area contributed by atoms with Gasteiger partial charge in [-0.1, -0.05) is 12.1 Å². The predicted molar refractivity (Wildman–Crippen MR) is 71.4 cm³/mol. The van der Waals surface area contributed by atoms with Crippen molar-refractivity contribution in [1.29, 1.82) is 0 Å². The quantitative estimate of drug-likeness (QED) is 0.601. The van der Waals surface area contributed by atoms with E-state index < -0.39 is 17.6 Å². The van der Waals surface area contributed by atoms with Crippen LogP contribution in [0.5, 0.6) is 0 Å². The molecule has 5 nitrogen and oxygen atoms in total. The van der Waals surface area contributed by atoms with Crippen LogP contribution in [0.2, 0.25) is 0 Å². The van der Waals surface area contributed by atoms with Crippen molar-refractivity contribution < 1.29 is 18.0 Å². The highest BCUT2D eigenvalue weighted by Gasteiger charge is 2.30. The molecule has 2 aromatic rings. The third-order valence-corrected chi connectivity index (χ3v) is 2.58. The molecule has 0 bridgehead atoms. The summed E-state index contributed by atoms with van der Waals surface area (Å²) in [6.07, 6.45) is -4.47. The van der Waals surface area contributed by atoms with Gasteiger partial charge in [-0.25, -0.2) is 10.8 Å². The number of carbonyl (C=O) groups is 1. The molecule has 0 fully saturated rings. The van der Waals surface area contributed by atoms with Crippen LogP contribution < -0.4 is 16.6 Å². The molecular formula is C13H11F3N4O. The minimum atomic E-state index is -4.47. The first-order valence-electron chi connectivity index (χ1n) is 5.82. The van der Waals surface area contributed by atoms with Crippen LogP contribution in [0.25, 0.3) is 0 Å². The molecule has 0 spiro atoms. The Kier molecular flexibility index (Phi) is 4.08. The molecule has 110 valence electrons. The number of carbonyl (C=O) groups excluding carboxylic acids is 1. The van der Waals surface area contributed by atoms with Gasteiger partial charge in [-0.3, -0.25) is 4.79 Å². The number of hydrazine groups is 1. The average molecular weight is 296 g/mol. The Morgan fingerprint density at radius 2 is 1.86 bits per heavy atom. The van der Waals surface area contributed by atoms with E-state index in [9.17, 15) is 18.0 Å². The van der Waals surface area contributed by atoms with E-state index in [0.717, 1.165) is 12.1 Å². The molecular weight excluding hydrogens is 285 g/mol. The summed E-state index contributed by atoms with van der Waals surface area (Å²) in [7, 11) is 0. The normalized spacial score (nSPS) is 11.0. The Morgan fingerprint density at radius 3 is 2.52 bits per heavy atom. The maximum Gasteiger partial charge on any atom is 0.416 e. The Morgan fingerprint density at radius 1 is 1.14 bits per heavy atom. The van der Waals surface area contributed by atoms with Crippen LogP contribution in [0.15, 0.2) is 42.5 Å². The van der Waals surface area contributed by atoms with Crippen LogP contribution in [0.4, 0.5) is 24.7 Å². The summed E-state index contributed by atoms with van der Waals surface area (Å²) in [6.45, 7) is 0. The number of anilines is 2. The molecule has 1 amide bonds. The molecule has 0 aliphatic heterocycles. The second-order valence-corrected chi connectivity index (χ2v) is 4.09. The summed E-state index contributed by atoms with van der Waals surface area (Å²) >= 11 is 0. The van der Waals surface area contributed by atoms with Gasteiger partial charge in [0.25, 0.3) is 5.91 Å². The highest BCUT2D eigenvalue weighted by atomic mass is 19.4. The number of nitrogen functional groups attached to an aromatic ring is 1. The van der Waals surface area contributed by atoms with Gasteiger partial charge in [0, 0.05) is 5.69 Å². The van der Waals surface area contributed by atoms with Crippen LogP contribution >= 0.6 is 0 Å². The Bertz CT molecular complexity index is 658. The first kappa shape index (κ1) is 14.8. The number of alkyl halides is 3. The van der Waals surface area contributed by atoms with Gasteiger partial charge in [0.2, 0.25) is 0 Å². The van der Waals surface area contributed by atoms with Gasteiger partial charge in [0.1, 0.15) is 11.5 Å². The van der Waals surface area contributed by atoms with Crippen LogP contribution in [0, 0.1) is 0 Å². The van der Waals surface area contributed by atoms with Crippen molar-refractivity contribution in [3.05, 3.63) is 53.7 Å². The highest BCUT2D eigenvalue weighted by Crippen LogP contribution is 2.30. The van der Waals surface area contributed by atoms with Crippen molar-refractivity contribution in [2.75, 3.05) is 10.7 Å². The van der Waals surface area contributed by atoms with Crippen molar-refractivity contribution in [2.24, 2.45) is 5.84 Å². The second-order valence-electron chi connectivity index (χ2n) is 4.09. The first-order valence-corrected chi connectivity index (χ1v) is 5.82. The number of rotatable bonds is 3. The average Bonchev–Trinajstić information content (AvgIpc) is 2.46. The van der Waals surface area contributed by atoms with Crippen LogP contribution in [-0.4, -0.2) is 10.9 Å². The van der Waals surface area contributed by atoms with Gasteiger partial charge in [-0.2, -0.15) is 13.2 Å². The molecule has 2 rings (SSSR count). The number of nitrogens with zero attached hydrogens (tertiary/aromatic N) is 1. The predicted octanol–water partition coefficient (Wildman–Crippen LogP) is 2.64. The topological polar surface area (TPSA) is 80.0 Å². The lowest BCUT2D eigenvalue weighted by Gasteiger charge is -2.10.